The van der Waals surface area contributed by atoms with Crippen LogP contribution in [0.25, 0.3) is 0 Å². The summed E-state index contributed by atoms with van der Waals surface area (Å²) in [6.45, 7) is 2.23. The van der Waals surface area contributed by atoms with Crippen LogP contribution in [0, 0.1) is 0 Å². The van der Waals surface area contributed by atoms with Crippen molar-refractivity contribution in [1.82, 2.24) is 0 Å². The normalized spacial score (nSPS) is 15.1. The summed E-state index contributed by atoms with van der Waals surface area (Å²) in [6, 6.07) is 4.29. The van der Waals surface area contributed by atoms with Gasteiger partial charge in [0, 0.05) is 11.6 Å². The van der Waals surface area contributed by atoms with Crippen LogP contribution in [0.5, 0.6) is 0 Å². The summed E-state index contributed by atoms with van der Waals surface area (Å²) in [6.07, 6.45) is 8.04. The van der Waals surface area contributed by atoms with Crippen molar-refractivity contribution in [1.29, 1.82) is 0 Å². The standard InChI is InChI=1S/C10H16N.F6P/c1-3-4-6-10-7-5-8-11(2)9-10;1-7(2,3,4,5)6/h5,7-9H,3-4,6H2,1-2H3;/q+1;-1. The predicted octanol–water partition coefficient (Wildman–Crippen LogP) is 5.24. The molecule has 0 radical (unpaired) electrons. The molecule has 0 unspecified atom stereocenters. The van der Waals surface area contributed by atoms with Gasteiger partial charge >= 0.3 is 33.0 Å². The molecule has 0 atom stereocenters. The van der Waals surface area contributed by atoms with Crippen molar-refractivity contribution in [3.8, 4) is 0 Å². The van der Waals surface area contributed by atoms with Gasteiger partial charge in [-0.15, -0.1) is 0 Å². The van der Waals surface area contributed by atoms with E-state index >= 15 is 0 Å². The van der Waals surface area contributed by atoms with Crippen LogP contribution in [0.3, 0.4) is 0 Å². The molecular formula is C10H16F6NP. The van der Waals surface area contributed by atoms with Crippen LogP contribution in [-0.2, 0) is 13.5 Å². The minimum atomic E-state index is -10.7. The zero-order valence-electron chi connectivity index (χ0n) is 10.1. The Kier molecular flexibility index (Phi) is 4.80. The van der Waals surface area contributed by atoms with E-state index in [0.29, 0.717) is 0 Å². The van der Waals surface area contributed by atoms with Crippen molar-refractivity contribution in [3.63, 3.8) is 0 Å². The Labute approximate surface area is 102 Å². The van der Waals surface area contributed by atoms with Gasteiger partial charge in [-0.2, -0.15) is 0 Å². The summed E-state index contributed by atoms with van der Waals surface area (Å²) in [5.74, 6) is 0. The molecule has 0 spiro atoms. The summed E-state index contributed by atoms with van der Waals surface area (Å²) in [7, 11) is -8.59. The van der Waals surface area contributed by atoms with E-state index in [1.54, 1.807) is 0 Å². The van der Waals surface area contributed by atoms with Crippen molar-refractivity contribution < 1.29 is 29.7 Å². The molecule has 0 aliphatic carbocycles. The molecule has 0 aromatic carbocycles. The fraction of sp³-hybridized carbons (Fsp3) is 0.500. The van der Waals surface area contributed by atoms with Gasteiger partial charge in [0.1, 0.15) is 7.05 Å². The summed E-state index contributed by atoms with van der Waals surface area (Å²) < 4.78 is 61.3. The Hall–Kier alpha value is -0.840. The molecular weight excluding hydrogens is 279 g/mol. The van der Waals surface area contributed by atoms with Crippen molar-refractivity contribution in [3.05, 3.63) is 30.1 Å². The molecule has 1 rings (SSSR count). The Morgan fingerprint density at radius 1 is 1.11 bits per heavy atom. The third-order valence-electron chi connectivity index (χ3n) is 1.82. The van der Waals surface area contributed by atoms with Gasteiger partial charge < -0.3 is 0 Å². The average Bonchev–Trinajstić information content (AvgIpc) is 2.10. The number of hydrogen-bond donors (Lipinski definition) is 0. The van der Waals surface area contributed by atoms with Crippen LogP contribution < -0.4 is 4.57 Å². The molecule has 1 aromatic heterocycles. The molecule has 108 valence electrons. The van der Waals surface area contributed by atoms with E-state index in [0.717, 1.165) is 0 Å². The molecule has 8 heteroatoms. The van der Waals surface area contributed by atoms with Gasteiger partial charge in [0.05, 0.1) is 0 Å². The van der Waals surface area contributed by atoms with Gasteiger partial charge in [0.15, 0.2) is 12.4 Å². The first kappa shape index (κ1) is 17.2. The van der Waals surface area contributed by atoms with Gasteiger partial charge in [0.2, 0.25) is 0 Å². The number of unbranched alkanes of at least 4 members (excludes halogenated alkanes) is 1. The van der Waals surface area contributed by atoms with E-state index in [9.17, 15) is 25.2 Å². The van der Waals surface area contributed by atoms with E-state index in [4.69, 9.17) is 0 Å². The van der Waals surface area contributed by atoms with E-state index < -0.39 is 7.81 Å². The second-order valence-corrected chi connectivity index (χ2v) is 5.86. The third-order valence-corrected chi connectivity index (χ3v) is 1.82. The van der Waals surface area contributed by atoms with E-state index in [-0.39, 0.29) is 0 Å². The zero-order chi connectivity index (χ0) is 14.5. The van der Waals surface area contributed by atoms with Crippen molar-refractivity contribution in [2.24, 2.45) is 7.05 Å². The van der Waals surface area contributed by atoms with Crippen LogP contribution in [0.2, 0.25) is 0 Å². The molecule has 0 N–H and O–H groups in total. The molecule has 0 amide bonds. The molecule has 0 fully saturated rings. The molecule has 1 aromatic rings. The fourth-order valence-corrected chi connectivity index (χ4v) is 1.18. The quantitative estimate of drug-likeness (QED) is 0.408. The first-order chi connectivity index (χ1) is 7.78. The van der Waals surface area contributed by atoms with Crippen LogP contribution in [0.4, 0.5) is 25.2 Å². The molecule has 0 aliphatic rings. The van der Waals surface area contributed by atoms with Crippen LogP contribution in [-0.4, -0.2) is 0 Å². The second kappa shape index (κ2) is 5.03. The maximum atomic E-state index is 9.87. The van der Waals surface area contributed by atoms with E-state index in [2.05, 4.69) is 43.1 Å². The molecule has 1 nitrogen and oxygen atoms in total. The Morgan fingerprint density at radius 2 is 1.61 bits per heavy atom. The van der Waals surface area contributed by atoms with Crippen LogP contribution in [0.1, 0.15) is 25.3 Å². The zero-order valence-corrected chi connectivity index (χ0v) is 11.0. The fourth-order valence-electron chi connectivity index (χ4n) is 1.18. The van der Waals surface area contributed by atoms with Gasteiger partial charge in [-0.25, -0.2) is 4.57 Å². The average molecular weight is 295 g/mol. The number of rotatable bonds is 3. The molecule has 1 heterocycles. The molecule has 18 heavy (non-hydrogen) atoms. The number of halogens is 6. The van der Waals surface area contributed by atoms with Crippen molar-refractivity contribution in [2.45, 2.75) is 26.2 Å². The van der Waals surface area contributed by atoms with Crippen LogP contribution in [0.15, 0.2) is 24.5 Å². The molecule has 0 aliphatic heterocycles. The van der Waals surface area contributed by atoms with Crippen LogP contribution >= 0.6 is 7.81 Å². The minimum absolute atomic E-state index is 1.21. The molecule has 0 bridgehead atoms. The maximum absolute atomic E-state index is 10.7. The Balaban J connectivity index is 0.000000360. The van der Waals surface area contributed by atoms with Gasteiger partial charge in [-0.3, -0.25) is 0 Å². The van der Waals surface area contributed by atoms with Gasteiger partial charge in [-0.1, -0.05) is 13.3 Å². The Morgan fingerprint density at radius 3 is 2.00 bits per heavy atom. The van der Waals surface area contributed by atoms with Crippen molar-refractivity contribution >= 4 is 7.81 Å². The number of hydrogen-bond acceptors (Lipinski definition) is 0. The van der Waals surface area contributed by atoms with Gasteiger partial charge in [-0.05, 0) is 18.9 Å². The van der Waals surface area contributed by atoms with Crippen molar-refractivity contribution in [2.75, 3.05) is 0 Å². The number of nitrogens with zero attached hydrogens (tertiary/aromatic N) is 1. The van der Waals surface area contributed by atoms with Gasteiger partial charge in [0.25, 0.3) is 0 Å². The summed E-state index contributed by atoms with van der Waals surface area (Å²) in [5, 5.41) is 0. The number of aryl methyl sites for hydroxylation is 2. The SMILES string of the molecule is CCCCc1ccc[n+](C)c1.F[P-](F)(F)(F)(F)F. The molecule has 0 saturated carbocycles. The summed E-state index contributed by atoms with van der Waals surface area (Å²) >= 11 is 0. The predicted molar refractivity (Wildman–Crippen MR) is 59.8 cm³/mol. The summed E-state index contributed by atoms with van der Waals surface area (Å²) in [4.78, 5) is 0. The topological polar surface area (TPSA) is 3.88 Å². The third kappa shape index (κ3) is 17.6. The first-order valence-electron chi connectivity index (χ1n) is 5.28. The first-order valence-corrected chi connectivity index (χ1v) is 7.31. The number of aromatic nitrogens is 1. The summed E-state index contributed by atoms with van der Waals surface area (Å²) in [5.41, 5.74) is 1.44. The van der Waals surface area contributed by atoms with E-state index in [1.165, 1.54) is 24.8 Å². The Bertz CT molecular complexity index is 374. The number of pyridine rings is 1. The van der Waals surface area contributed by atoms with E-state index in [1.807, 2.05) is 0 Å². The molecule has 0 saturated heterocycles. The second-order valence-electron chi connectivity index (χ2n) is 3.94. The monoisotopic (exact) mass is 295 g/mol.